The SMILES string of the molecule is CN(CC(CO)NC1CC1)C1CC1. The first-order valence-electron chi connectivity index (χ1n) is 5.36. The molecule has 0 aliphatic heterocycles. The predicted molar refractivity (Wildman–Crippen MR) is 52.7 cm³/mol. The third-order valence-corrected chi connectivity index (χ3v) is 2.95. The molecule has 0 aromatic rings. The Kier molecular flexibility index (Phi) is 2.86. The van der Waals surface area contributed by atoms with Crippen molar-refractivity contribution in [2.45, 2.75) is 43.8 Å². The molecule has 1 atom stereocenters. The van der Waals surface area contributed by atoms with Crippen molar-refractivity contribution in [1.82, 2.24) is 10.2 Å². The zero-order chi connectivity index (χ0) is 9.26. The summed E-state index contributed by atoms with van der Waals surface area (Å²) in [5.41, 5.74) is 0. The molecule has 1 unspecified atom stereocenters. The molecule has 2 N–H and O–H groups in total. The van der Waals surface area contributed by atoms with Gasteiger partial charge in [0.25, 0.3) is 0 Å². The van der Waals surface area contributed by atoms with Gasteiger partial charge in [-0.3, -0.25) is 0 Å². The fourth-order valence-corrected chi connectivity index (χ4v) is 1.76. The highest BCUT2D eigenvalue weighted by Gasteiger charge is 2.29. The molecule has 2 fully saturated rings. The number of aliphatic hydroxyl groups is 1. The molecule has 2 rings (SSSR count). The van der Waals surface area contributed by atoms with Gasteiger partial charge in [-0.2, -0.15) is 0 Å². The molecule has 0 saturated heterocycles. The fraction of sp³-hybridized carbons (Fsp3) is 1.00. The summed E-state index contributed by atoms with van der Waals surface area (Å²) in [7, 11) is 2.16. The lowest BCUT2D eigenvalue weighted by Gasteiger charge is -2.23. The fourth-order valence-electron chi connectivity index (χ4n) is 1.76. The van der Waals surface area contributed by atoms with Crippen LogP contribution in [0.25, 0.3) is 0 Å². The summed E-state index contributed by atoms with van der Waals surface area (Å²) >= 11 is 0. The Morgan fingerprint density at radius 2 is 2.08 bits per heavy atom. The molecule has 2 aliphatic carbocycles. The van der Waals surface area contributed by atoms with Gasteiger partial charge in [-0.25, -0.2) is 0 Å². The van der Waals surface area contributed by atoms with Gasteiger partial charge in [0.2, 0.25) is 0 Å². The lowest BCUT2D eigenvalue weighted by Crippen LogP contribution is -2.43. The van der Waals surface area contributed by atoms with E-state index in [2.05, 4.69) is 17.3 Å². The molecule has 0 spiro atoms. The summed E-state index contributed by atoms with van der Waals surface area (Å²) in [6.07, 6.45) is 5.28. The van der Waals surface area contributed by atoms with E-state index in [0.29, 0.717) is 6.04 Å². The van der Waals surface area contributed by atoms with Crippen molar-refractivity contribution >= 4 is 0 Å². The molecule has 0 radical (unpaired) electrons. The molecule has 2 aliphatic rings. The number of nitrogens with one attached hydrogen (secondary N) is 1. The highest BCUT2D eigenvalue weighted by atomic mass is 16.3. The third-order valence-electron chi connectivity index (χ3n) is 2.95. The van der Waals surface area contributed by atoms with Crippen LogP contribution in [0.5, 0.6) is 0 Å². The van der Waals surface area contributed by atoms with Crippen LogP contribution >= 0.6 is 0 Å². The molecule has 0 bridgehead atoms. The number of nitrogens with zero attached hydrogens (tertiary/aromatic N) is 1. The Bertz CT molecular complexity index is 166. The number of aliphatic hydroxyl groups excluding tert-OH is 1. The van der Waals surface area contributed by atoms with E-state index in [4.69, 9.17) is 5.11 Å². The molecular formula is C10H20N2O. The summed E-state index contributed by atoms with van der Waals surface area (Å²) in [4.78, 5) is 2.37. The zero-order valence-corrected chi connectivity index (χ0v) is 8.37. The van der Waals surface area contributed by atoms with Crippen LogP contribution in [-0.4, -0.2) is 48.3 Å². The van der Waals surface area contributed by atoms with Gasteiger partial charge in [0, 0.05) is 24.7 Å². The topological polar surface area (TPSA) is 35.5 Å². The Morgan fingerprint density at radius 3 is 2.54 bits per heavy atom. The quantitative estimate of drug-likeness (QED) is 0.619. The van der Waals surface area contributed by atoms with Gasteiger partial charge < -0.3 is 15.3 Å². The van der Waals surface area contributed by atoms with E-state index in [1.165, 1.54) is 25.7 Å². The minimum atomic E-state index is 0.271. The van der Waals surface area contributed by atoms with E-state index in [1.807, 2.05) is 0 Å². The normalized spacial score (nSPS) is 25.2. The van der Waals surface area contributed by atoms with E-state index in [1.54, 1.807) is 0 Å². The van der Waals surface area contributed by atoms with Gasteiger partial charge in [-0.05, 0) is 32.7 Å². The maximum Gasteiger partial charge on any atom is 0.0597 e. The van der Waals surface area contributed by atoms with E-state index in [-0.39, 0.29) is 12.6 Å². The van der Waals surface area contributed by atoms with Crippen molar-refractivity contribution in [3.8, 4) is 0 Å². The number of rotatable bonds is 6. The smallest absolute Gasteiger partial charge is 0.0597 e. The van der Waals surface area contributed by atoms with Crippen molar-refractivity contribution in [1.29, 1.82) is 0 Å². The van der Waals surface area contributed by atoms with Gasteiger partial charge in [0.05, 0.1) is 6.61 Å². The van der Waals surface area contributed by atoms with Crippen LogP contribution in [0.4, 0.5) is 0 Å². The van der Waals surface area contributed by atoms with Crippen LogP contribution in [0.15, 0.2) is 0 Å². The lowest BCUT2D eigenvalue weighted by molar-refractivity contribution is 0.194. The maximum absolute atomic E-state index is 9.16. The van der Waals surface area contributed by atoms with Gasteiger partial charge in [-0.15, -0.1) is 0 Å². The average Bonchev–Trinajstić information content (AvgIpc) is 2.96. The zero-order valence-electron chi connectivity index (χ0n) is 8.37. The standard InChI is InChI=1S/C10H20N2O/c1-12(10-4-5-10)6-9(7-13)11-8-2-3-8/h8-11,13H,2-7H2,1H3. The molecular weight excluding hydrogens is 164 g/mol. The first-order valence-corrected chi connectivity index (χ1v) is 5.36. The minimum Gasteiger partial charge on any atom is -0.395 e. The largest absolute Gasteiger partial charge is 0.395 e. The molecule has 76 valence electrons. The minimum absolute atomic E-state index is 0.271. The summed E-state index contributed by atoms with van der Waals surface area (Å²) in [6, 6.07) is 1.79. The molecule has 0 amide bonds. The second kappa shape index (κ2) is 3.95. The monoisotopic (exact) mass is 184 g/mol. The van der Waals surface area contributed by atoms with Crippen LogP contribution in [-0.2, 0) is 0 Å². The summed E-state index contributed by atoms with van der Waals surface area (Å²) < 4.78 is 0. The maximum atomic E-state index is 9.16. The number of likely N-dealkylation sites (N-methyl/N-ethyl adjacent to an activating group) is 1. The van der Waals surface area contributed by atoms with Crippen molar-refractivity contribution in [3.05, 3.63) is 0 Å². The summed E-state index contributed by atoms with van der Waals surface area (Å²) in [5, 5.41) is 12.6. The lowest BCUT2D eigenvalue weighted by atomic mass is 10.3. The highest BCUT2D eigenvalue weighted by molar-refractivity contribution is 4.88. The highest BCUT2D eigenvalue weighted by Crippen LogP contribution is 2.25. The van der Waals surface area contributed by atoms with Gasteiger partial charge in [0.1, 0.15) is 0 Å². The Labute approximate surface area is 80.1 Å². The van der Waals surface area contributed by atoms with Crippen molar-refractivity contribution < 1.29 is 5.11 Å². The molecule has 3 nitrogen and oxygen atoms in total. The van der Waals surface area contributed by atoms with E-state index >= 15 is 0 Å². The molecule has 0 heterocycles. The van der Waals surface area contributed by atoms with Crippen molar-refractivity contribution in [2.24, 2.45) is 0 Å². The van der Waals surface area contributed by atoms with Gasteiger partial charge in [0.15, 0.2) is 0 Å². The second-order valence-corrected chi connectivity index (χ2v) is 4.49. The average molecular weight is 184 g/mol. The summed E-state index contributed by atoms with van der Waals surface area (Å²) in [5.74, 6) is 0. The molecule has 0 aromatic heterocycles. The number of hydrogen-bond donors (Lipinski definition) is 2. The van der Waals surface area contributed by atoms with Gasteiger partial charge >= 0.3 is 0 Å². The van der Waals surface area contributed by atoms with Crippen LogP contribution in [0.3, 0.4) is 0 Å². The Balaban J connectivity index is 1.68. The first kappa shape index (κ1) is 9.44. The van der Waals surface area contributed by atoms with E-state index in [9.17, 15) is 0 Å². The van der Waals surface area contributed by atoms with Crippen LogP contribution < -0.4 is 5.32 Å². The van der Waals surface area contributed by atoms with Crippen LogP contribution in [0.2, 0.25) is 0 Å². The van der Waals surface area contributed by atoms with E-state index < -0.39 is 0 Å². The van der Waals surface area contributed by atoms with E-state index in [0.717, 1.165) is 12.6 Å². The molecule has 13 heavy (non-hydrogen) atoms. The molecule has 3 heteroatoms. The van der Waals surface area contributed by atoms with Crippen molar-refractivity contribution in [3.63, 3.8) is 0 Å². The predicted octanol–water partition coefficient (Wildman–Crippen LogP) is 0.193. The van der Waals surface area contributed by atoms with Crippen molar-refractivity contribution in [2.75, 3.05) is 20.2 Å². The Morgan fingerprint density at radius 1 is 1.38 bits per heavy atom. The van der Waals surface area contributed by atoms with Crippen LogP contribution in [0.1, 0.15) is 25.7 Å². The molecule has 0 aromatic carbocycles. The van der Waals surface area contributed by atoms with Gasteiger partial charge in [-0.1, -0.05) is 0 Å². The first-order chi connectivity index (χ1) is 6.29. The third kappa shape index (κ3) is 2.93. The van der Waals surface area contributed by atoms with Crippen LogP contribution in [0, 0.1) is 0 Å². The molecule has 2 saturated carbocycles. The summed E-state index contributed by atoms with van der Waals surface area (Å²) in [6.45, 7) is 1.27. The number of hydrogen-bond acceptors (Lipinski definition) is 3. The Hall–Kier alpha value is -0.120. The second-order valence-electron chi connectivity index (χ2n) is 4.49.